The van der Waals surface area contributed by atoms with Crippen molar-refractivity contribution in [2.45, 2.75) is 19.8 Å². The fourth-order valence-electron chi connectivity index (χ4n) is 2.06. The molecule has 0 unspecified atom stereocenters. The van der Waals surface area contributed by atoms with E-state index in [9.17, 15) is 4.79 Å². The molecule has 6 nitrogen and oxygen atoms in total. The summed E-state index contributed by atoms with van der Waals surface area (Å²) >= 11 is 0. The van der Waals surface area contributed by atoms with Gasteiger partial charge in [0.2, 0.25) is 0 Å². The van der Waals surface area contributed by atoms with E-state index >= 15 is 0 Å². The van der Waals surface area contributed by atoms with Crippen molar-refractivity contribution >= 4 is 17.4 Å². The molecular weight excluding hydrogens is 232 g/mol. The molecule has 2 aromatic rings. The average molecular weight is 246 g/mol. The van der Waals surface area contributed by atoms with Crippen LogP contribution in [0.15, 0.2) is 18.5 Å². The molecule has 94 valence electrons. The molecule has 0 aromatic carbocycles. The van der Waals surface area contributed by atoms with Crippen molar-refractivity contribution in [3.63, 3.8) is 0 Å². The second-order valence-electron chi connectivity index (χ2n) is 4.89. The molecule has 0 amide bonds. The van der Waals surface area contributed by atoms with Gasteiger partial charge in [0.05, 0.1) is 5.41 Å². The number of rotatable bonds is 4. The molecule has 1 aliphatic rings. The van der Waals surface area contributed by atoms with Gasteiger partial charge in [0, 0.05) is 6.54 Å². The number of anilines is 1. The molecule has 2 N–H and O–H groups in total. The van der Waals surface area contributed by atoms with Crippen molar-refractivity contribution in [2.24, 2.45) is 5.41 Å². The smallest absolute Gasteiger partial charge is 0.311 e. The van der Waals surface area contributed by atoms with Crippen molar-refractivity contribution in [1.82, 2.24) is 14.6 Å². The molecule has 1 saturated carbocycles. The predicted octanol–water partition coefficient (Wildman–Crippen LogP) is 1.31. The van der Waals surface area contributed by atoms with Gasteiger partial charge < -0.3 is 10.4 Å². The minimum absolute atomic E-state index is 0.431. The van der Waals surface area contributed by atoms with E-state index in [4.69, 9.17) is 5.11 Å². The van der Waals surface area contributed by atoms with Crippen molar-refractivity contribution in [3.8, 4) is 0 Å². The highest BCUT2D eigenvalue weighted by atomic mass is 16.4. The van der Waals surface area contributed by atoms with Crippen LogP contribution in [-0.2, 0) is 4.79 Å². The van der Waals surface area contributed by atoms with E-state index in [2.05, 4.69) is 15.4 Å². The van der Waals surface area contributed by atoms with Gasteiger partial charge in [-0.1, -0.05) is 0 Å². The third-order valence-corrected chi connectivity index (χ3v) is 3.44. The molecule has 0 aliphatic heterocycles. The van der Waals surface area contributed by atoms with Gasteiger partial charge >= 0.3 is 5.97 Å². The summed E-state index contributed by atoms with van der Waals surface area (Å²) in [5.41, 5.74) is 1.24. The van der Waals surface area contributed by atoms with Gasteiger partial charge in [-0.15, -0.1) is 0 Å². The molecular formula is C12H14N4O2. The Morgan fingerprint density at radius 3 is 3.00 bits per heavy atom. The van der Waals surface area contributed by atoms with Crippen molar-refractivity contribution < 1.29 is 9.90 Å². The molecule has 6 heteroatoms. The van der Waals surface area contributed by atoms with Gasteiger partial charge in [-0.05, 0) is 37.5 Å². The Balaban J connectivity index is 1.86. The van der Waals surface area contributed by atoms with Gasteiger partial charge in [-0.2, -0.15) is 9.61 Å². The number of fused-ring (bicyclic) bond motifs is 1. The van der Waals surface area contributed by atoms with Crippen molar-refractivity contribution in [1.29, 1.82) is 0 Å². The maximum absolute atomic E-state index is 11.1. The zero-order chi connectivity index (χ0) is 12.8. The van der Waals surface area contributed by atoms with E-state index < -0.39 is 11.4 Å². The number of aryl methyl sites for hydroxylation is 1. The number of carboxylic acid groups (broad SMARTS) is 1. The summed E-state index contributed by atoms with van der Waals surface area (Å²) in [5, 5.41) is 16.4. The summed E-state index contributed by atoms with van der Waals surface area (Å²) in [5.74, 6) is 0.0625. The molecule has 0 bridgehead atoms. The van der Waals surface area contributed by atoms with Crippen LogP contribution in [0.4, 0.5) is 5.82 Å². The van der Waals surface area contributed by atoms with Crippen LogP contribution in [0.5, 0.6) is 0 Å². The number of aliphatic carboxylic acids is 1. The molecule has 0 radical (unpaired) electrons. The van der Waals surface area contributed by atoms with Crippen LogP contribution in [0.1, 0.15) is 18.4 Å². The molecule has 2 aromatic heterocycles. The second-order valence-corrected chi connectivity index (χ2v) is 4.89. The number of aromatic nitrogens is 3. The monoisotopic (exact) mass is 246 g/mol. The number of hydrogen-bond donors (Lipinski definition) is 2. The van der Waals surface area contributed by atoms with Crippen LogP contribution in [0.25, 0.3) is 5.65 Å². The fourth-order valence-corrected chi connectivity index (χ4v) is 2.06. The summed E-state index contributed by atoms with van der Waals surface area (Å²) in [4.78, 5) is 15.2. The summed E-state index contributed by atoms with van der Waals surface area (Å²) < 4.78 is 1.69. The summed E-state index contributed by atoms with van der Waals surface area (Å²) in [6.45, 7) is 2.41. The lowest BCUT2D eigenvalue weighted by Gasteiger charge is -2.13. The van der Waals surface area contributed by atoms with Crippen LogP contribution in [0, 0.1) is 12.3 Å². The SMILES string of the molecule is Cc1cc(NCC2(C(=O)O)CC2)n2ncnc2c1. The first kappa shape index (κ1) is 11.0. The molecule has 0 spiro atoms. The van der Waals surface area contributed by atoms with Crippen LogP contribution in [0.2, 0.25) is 0 Å². The lowest BCUT2D eigenvalue weighted by Crippen LogP contribution is -2.25. The Hall–Kier alpha value is -2.11. The van der Waals surface area contributed by atoms with E-state index in [-0.39, 0.29) is 0 Å². The number of nitrogens with zero attached hydrogens (tertiary/aromatic N) is 3. The lowest BCUT2D eigenvalue weighted by atomic mass is 10.1. The molecule has 3 rings (SSSR count). The van der Waals surface area contributed by atoms with Gasteiger partial charge in [-0.25, -0.2) is 4.98 Å². The van der Waals surface area contributed by atoms with Gasteiger partial charge in [-0.3, -0.25) is 4.79 Å². The van der Waals surface area contributed by atoms with Gasteiger partial charge in [0.15, 0.2) is 5.65 Å². The molecule has 0 atom stereocenters. The first-order valence-corrected chi connectivity index (χ1v) is 5.88. The quantitative estimate of drug-likeness (QED) is 0.850. The van der Waals surface area contributed by atoms with Crippen LogP contribution in [-0.4, -0.2) is 32.2 Å². The largest absolute Gasteiger partial charge is 0.481 e. The predicted molar refractivity (Wildman–Crippen MR) is 65.5 cm³/mol. The highest BCUT2D eigenvalue weighted by Crippen LogP contribution is 2.45. The Morgan fingerprint density at radius 2 is 2.33 bits per heavy atom. The van der Waals surface area contributed by atoms with Gasteiger partial charge in [0.25, 0.3) is 0 Å². The van der Waals surface area contributed by atoms with Gasteiger partial charge in [0.1, 0.15) is 12.1 Å². The minimum atomic E-state index is -0.725. The first-order valence-electron chi connectivity index (χ1n) is 5.88. The van der Waals surface area contributed by atoms with E-state index in [1.807, 2.05) is 19.1 Å². The summed E-state index contributed by atoms with van der Waals surface area (Å²) in [6.07, 6.45) is 2.97. The normalized spacial score (nSPS) is 16.7. The lowest BCUT2D eigenvalue weighted by molar-refractivity contribution is -0.142. The topological polar surface area (TPSA) is 79.5 Å². The van der Waals surface area contributed by atoms with E-state index in [1.165, 1.54) is 6.33 Å². The maximum Gasteiger partial charge on any atom is 0.311 e. The van der Waals surface area contributed by atoms with Crippen molar-refractivity contribution in [3.05, 3.63) is 24.0 Å². The zero-order valence-electron chi connectivity index (χ0n) is 10.1. The Kier molecular flexibility index (Phi) is 2.26. The minimum Gasteiger partial charge on any atom is -0.481 e. The van der Waals surface area contributed by atoms with E-state index in [1.54, 1.807) is 4.52 Å². The zero-order valence-corrected chi connectivity index (χ0v) is 10.1. The molecule has 18 heavy (non-hydrogen) atoms. The summed E-state index contributed by atoms with van der Waals surface area (Å²) in [7, 11) is 0. The van der Waals surface area contributed by atoms with E-state index in [0.29, 0.717) is 6.54 Å². The number of carboxylic acids is 1. The number of carbonyl (C=O) groups is 1. The van der Waals surface area contributed by atoms with Crippen LogP contribution >= 0.6 is 0 Å². The Morgan fingerprint density at radius 1 is 1.56 bits per heavy atom. The molecule has 0 saturated heterocycles. The van der Waals surface area contributed by atoms with Crippen LogP contribution < -0.4 is 5.32 Å². The highest BCUT2D eigenvalue weighted by Gasteiger charge is 2.50. The second kappa shape index (κ2) is 3.69. The standard InChI is InChI=1S/C12H14N4O2/c1-8-4-9(16-10(5-8)14-7-15-16)13-6-12(2-3-12)11(17)18/h4-5,7,13H,2-3,6H2,1H3,(H,17,18). The molecule has 1 fully saturated rings. The van der Waals surface area contributed by atoms with Crippen LogP contribution in [0.3, 0.4) is 0 Å². The average Bonchev–Trinajstić information content (AvgIpc) is 2.98. The Labute approximate surface area is 104 Å². The third kappa shape index (κ3) is 1.70. The molecule has 1 aliphatic carbocycles. The van der Waals surface area contributed by atoms with Crippen molar-refractivity contribution in [2.75, 3.05) is 11.9 Å². The fraction of sp³-hybridized carbons (Fsp3) is 0.417. The number of nitrogens with one attached hydrogen (secondary N) is 1. The maximum atomic E-state index is 11.1. The number of pyridine rings is 1. The highest BCUT2D eigenvalue weighted by molar-refractivity contribution is 5.78. The number of hydrogen-bond acceptors (Lipinski definition) is 4. The molecule has 2 heterocycles. The van der Waals surface area contributed by atoms with E-state index in [0.717, 1.165) is 29.9 Å². The third-order valence-electron chi connectivity index (χ3n) is 3.44. The first-order chi connectivity index (χ1) is 8.61. The summed E-state index contributed by atoms with van der Waals surface area (Å²) in [6, 6.07) is 3.88. The Bertz CT molecular complexity index is 616.